The average Bonchev–Trinajstić information content (AvgIpc) is 2.91. The van der Waals surface area contributed by atoms with Gasteiger partial charge in [-0.05, 0) is 44.0 Å². The van der Waals surface area contributed by atoms with E-state index in [0.717, 1.165) is 6.42 Å². The minimum absolute atomic E-state index is 0.371. The summed E-state index contributed by atoms with van der Waals surface area (Å²) < 4.78 is 0. The monoisotopic (exact) mass is 245 g/mol. The first kappa shape index (κ1) is 13.2. The van der Waals surface area contributed by atoms with E-state index in [1.54, 1.807) is 0 Å². The van der Waals surface area contributed by atoms with Gasteiger partial charge >= 0.3 is 0 Å². The second kappa shape index (κ2) is 6.61. The number of hydrogen-bond acceptors (Lipinski definition) is 3. The minimum atomic E-state index is 0.371. The maximum Gasteiger partial charge on any atom is 0.0643 e. The zero-order valence-corrected chi connectivity index (χ0v) is 11.0. The Labute approximate surface area is 110 Å². The van der Waals surface area contributed by atoms with Crippen molar-refractivity contribution in [3.05, 3.63) is 24.4 Å². The van der Waals surface area contributed by atoms with Gasteiger partial charge in [-0.25, -0.2) is 0 Å². The summed E-state index contributed by atoms with van der Waals surface area (Å²) in [7, 11) is 0. The van der Waals surface area contributed by atoms with E-state index in [1.165, 1.54) is 25.7 Å². The maximum atomic E-state index is 9.10. The van der Waals surface area contributed by atoms with E-state index in [2.05, 4.69) is 35.4 Å². The number of nitriles is 1. The van der Waals surface area contributed by atoms with Gasteiger partial charge in [0.25, 0.3) is 0 Å². The number of nitrogens with two attached hydrogens (primary N) is 1. The lowest BCUT2D eigenvalue weighted by Crippen LogP contribution is -2.43. The Balaban J connectivity index is 2.10. The van der Waals surface area contributed by atoms with E-state index in [-0.39, 0.29) is 0 Å². The Morgan fingerprint density at radius 3 is 2.78 bits per heavy atom. The Morgan fingerprint density at radius 2 is 2.11 bits per heavy atom. The second-order valence-corrected chi connectivity index (χ2v) is 5.29. The van der Waals surface area contributed by atoms with Crippen LogP contribution in [0.5, 0.6) is 0 Å². The first-order valence-corrected chi connectivity index (χ1v) is 7.06. The van der Waals surface area contributed by atoms with Crippen molar-refractivity contribution < 1.29 is 0 Å². The maximum absolute atomic E-state index is 9.10. The minimum Gasteiger partial charge on any atom is -0.367 e. The van der Waals surface area contributed by atoms with Gasteiger partial charge in [-0.1, -0.05) is 25.0 Å². The summed E-state index contributed by atoms with van der Waals surface area (Å²) in [5, 5.41) is 9.10. The van der Waals surface area contributed by atoms with Crippen molar-refractivity contribution in [3.63, 3.8) is 0 Å². The largest absolute Gasteiger partial charge is 0.367 e. The van der Waals surface area contributed by atoms with Crippen LogP contribution in [0.2, 0.25) is 0 Å². The third-order valence-electron chi connectivity index (χ3n) is 4.18. The summed E-state index contributed by atoms with van der Waals surface area (Å²) in [5.41, 5.74) is 5.70. The fourth-order valence-corrected chi connectivity index (χ4v) is 3.28. The van der Waals surface area contributed by atoms with E-state index in [4.69, 9.17) is 11.0 Å². The van der Waals surface area contributed by atoms with Crippen LogP contribution in [0.15, 0.2) is 24.4 Å². The molecule has 0 saturated heterocycles. The lowest BCUT2D eigenvalue weighted by Gasteiger charge is -2.39. The SMILES string of the molecule is N#CCC(C1CCCC1)N1C=CC=CC1CCN. The van der Waals surface area contributed by atoms with Gasteiger partial charge in [0.2, 0.25) is 0 Å². The van der Waals surface area contributed by atoms with Crippen LogP contribution in [0.1, 0.15) is 38.5 Å². The molecule has 0 aromatic carbocycles. The van der Waals surface area contributed by atoms with E-state index < -0.39 is 0 Å². The molecule has 1 aliphatic heterocycles. The fraction of sp³-hybridized carbons (Fsp3) is 0.667. The molecule has 0 spiro atoms. The molecule has 3 nitrogen and oxygen atoms in total. The third kappa shape index (κ3) is 2.94. The Hall–Kier alpha value is -1.27. The zero-order chi connectivity index (χ0) is 12.8. The molecule has 0 amide bonds. The normalized spacial score (nSPS) is 25.3. The molecule has 1 saturated carbocycles. The van der Waals surface area contributed by atoms with Crippen LogP contribution in [0.3, 0.4) is 0 Å². The van der Waals surface area contributed by atoms with Gasteiger partial charge in [0.15, 0.2) is 0 Å². The van der Waals surface area contributed by atoms with Gasteiger partial charge in [0.05, 0.1) is 12.5 Å². The fourth-order valence-electron chi connectivity index (χ4n) is 3.28. The second-order valence-electron chi connectivity index (χ2n) is 5.29. The van der Waals surface area contributed by atoms with Gasteiger partial charge in [-0.15, -0.1) is 0 Å². The highest BCUT2D eigenvalue weighted by molar-refractivity contribution is 5.15. The first-order chi connectivity index (χ1) is 8.86. The molecule has 1 fully saturated rings. The smallest absolute Gasteiger partial charge is 0.0643 e. The molecular weight excluding hydrogens is 222 g/mol. The highest BCUT2D eigenvalue weighted by Gasteiger charge is 2.31. The highest BCUT2D eigenvalue weighted by atomic mass is 15.2. The van der Waals surface area contributed by atoms with Crippen molar-refractivity contribution in [1.29, 1.82) is 5.26 Å². The van der Waals surface area contributed by atoms with Crippen LogP contribution in [0, 0.1) is 17.2 Å². The molecular formula is C15H23N3. The Bertz CT molecular complexity index is 347. The molecule has 0 radical (unpaired) electrons. The predicted octanol–water partition coefficient (Wildman–Crippen LogP) is 2.56. The molecule has 98 valence electrons. The molecule has 1 heterocycles. The van der Waals surface area contributed by atoms with Gasteiger partial charge in [-0.2, -0.15) is 5.26 Å². The molecule has 18 heavy (non-hydrogen) atoms. The van der Waals surface area contributed by atoms with Crippen molar-refractivity contribution >= 4 is 0 Å². The van der Waals surface area contributed by atoms with Crippen LogP contribution >= 0.6 is 0 Å². The van der Waals surface area contributed by atoms with Gasteiger partial charge in [0, 0.05) is 12.1 Å². The lowest BCUT2D eigenvalue weighted by atomic mass is 9.92. The molecule has 2 atom stereocenters. The van der Waals surface area contributed by atoms with E-state index in [0.29, 0.717) is 31.0 Å². The van der Waals surface area contributed by atoms with Crippen molar-refractivity contribution in [2.24, 2.45) is 11.7 Å². The number of hydrogen-bond donors (Lipinski definition) is 1. The van der Waals surface area contributed by atoms with E-state index >= 15 is 0 Å². The molecule has 3 heteroatoms. The summed E-state index contributed by atoms with van der Waals surface area (Å²) in [6.07, 6.45) is 15.3. The van der Waals surface area contributed by atoms with E-state index in [1.807, 2.05) is 0 Å². The first-order valence-electron chi connectivity index (χ1n) is 7.06. The predicted molar refractivity (Wildman–Crippen MR) is 73.6 cm³/mol. The van der Waals surface area contributed by atoms with E-state index in [9.17, 15) is 0 Å². The van der Waals surface area contributed by atoms with Crippen molar-refractivity contribution in [3.8, 4) is 6.07 Å². The molecule has 0 aromatic rings. The number of allylic oxidation sites excluding steroid dienone is 2. The molecule has 2 aliphatic rings. The van der Waals surface area contributed by atoms with Gasteiger partial charge in [-0.3, -0.25) is 0 Å². The molecule has 0 bridgehead atoms. The standard InChI is InChI=1S/C15H23N3/c16-10-8-14-7-3-4-12-18(14)15(9-11-17)13-5-1-2-6-13/h3-4,7,12-15H,1-2,5-6,8-10,16H2. The van der Waals surface area contributed by atoms with Crippen LogP contribution in [-0.4, -0.2) is 23.5 Å². The topological polar surface area (TPSA) is 53.0 Å². The van der Waals surface area contributed by atoms with Crippen molar-refractivity contribution in [1.82, 2.24) is 4.90 Å². The van der Waals surface area contributed by atoms with Crippen LogP contribution in [-0.2, 0) is 0 Å². The summed E-state index contributed by atoms with van der Waals surface area (Å²) in [6.45, 7) is 0.698. The summed E-state index contributed by atoms with van der Waals surface area (Å²) >= 11 is 0. The quantitative estimate of drug-likeness (QED) is 0.810. The third-order valence-corrected chi connectivity index (χ3v) is 4.18. The molecule has 1 aliphatic carbocycles. The molecule has 2 rings (SSSR count). The van der Waals surface area contributed by atoms with Crippen molar-refractivity contribution in [2.45, 2.75) is 50.6 Å². The number of nitrogens with zero attached hydrogens (tertiary/aromatic N) is 2. The number of rotatable bonds is 5. The summed E-state index contributed by atoms with van der Waals surface area (Å²) in [5.74, 6) is 0.682. The van der Waals surface area contributed by atoms with Crippen LogP contribution < -0.4 is 5.73 Å². The molecule has 2 unspecified atom stereocenters. The van der Waals surface area contributed by atoms with Gasteiger partial charge < -0.3 is 10.6 Å². The Kier molecular flexibility index (Phi) is 4.83. The average molecular weight is 245 g/mol. The molecule has 2 N–H and O–H groups in total. The van der Waals surface area contributed by atoms with Crippen molar-refractivity contribution in [2.75, 3.05) is 6.54 Å². The van der Waals surface area contributed by atoms with Gasteiger partial charge in [0.1, 0.15) is 0 Å². The summed E-state index contributed by atoms with van der Waals surface area (Å²) in [4.78, 5) is 2.38. The summed E-state index contributed by atoms with van der Waals surface area (Å²) in [6, 6.07) is 3.12. The highest BCUT2D eigenvalue weighted by Crippen LogP contribution is 2.33. The van der Waals surface area contributed by atoms with Crippen LogP contribution in [0.4, 0.5) is 0 Å². The van der Waals surface area contributed by atoms with Crippen LogP contribution in [0.25, 0.3) is 0 Å². The lowest BCUT2D eigenvalue weighted by molar-refractivity contribution is 0.167. The zero-order valence-electron chi connectivity index (χ0n) is 11.0. The Morgan fingerprint density at radius 1 is 1.33 bits per heavy atom. The molecule has 0 aromatic heterocycles.